The van der Waals surface area contributed by atoms with Crippen molar-refractivity contribution < 1.29 is 9.47 Å². The maximum Gasteiger partial charge on any atom is 0.159 e. The largest absolute Gasteiger partial charge is 0.353 e. The van der Waals surface area contributed by atoms with Gasteiger partial charge in [-0.2, -0.15) is 0 Å². The van der Waals surface area contributed by atoms with Crippen LogP contribution in [-0.4, -0.2) is 12.9 Å². The molecule has 15 heavy (non-hydrogen) atoms. The fourth-order valence-corrected chi connectivity index (χ4v) is 1.22. The van der Waals surface area contributed by atoms with E-state index in [2.05, 4.69) is 12.8 Å². The Hall–Kier alpha value is -1.30. The fourth-order valence-electron chi connectivity index (χ4n) is 1.22. The fraction of sp³-hybridized carbons (Fsp3) is 0.308. The van der Waals surface area contributed by atoms with Crippen molar-refractivity contribution >= 4 is 0 Å². The van der Waals surface area contributed by atoms with Crippen LogP contribution in [0.25, 0.3) is 0 Å². The quantitative estimate of drug-likeness (QED) is 0.541. The van der Waals surface area contributed by atoms with Crippen LogP contribution in [-0.2, 0) is 9.47 Å². The first-order chi connectivity index (χ1) is 7.27. The molecule has 0 bridgehead atoms. The summed E-state index contributed by atoms with van der Waals surface area (Å²) in [6, 6.07) is 9.61. The van der Waals surface area contributed by atoms with E-state index in [1.165, 1.54) is 0 Å². The van der Waals surface area contributed by atoms with Crippen molar-refractivity contribution in [2.24, 2.45) is 0 Å². The highest BCUT2D eigenvalue weighted by molar-refractivity contribution is 5.23. The molecule has 0 N–H and O–H groups in total. The summed E-state index contributed by atoms with van der Waals surface area (Å²) in [4.78, 5) is 0. The first-order valence-electron chi connectivity index (χ1n) is 4.89. The van der Waals surface area contributed by atoms with Crippen LogP contribution in [0.3, 0.4) is 0 Å². The molecule has 2 heteroatoms. The maximum atomic E-state index is 5.46. The normalized spacial score (nSPS) is 14.2. The molecule has 0 aliphatic heterocycles. The van der Waals surface area contributed by atoms with Crippen LogP contribution in [0.2, 0.25) is 0 Å². The molecule has 79 valence electrons. The first kappa shape index (κ1) is 11.8. The van der Waals surface area contributed by atoms with E-state index in [-0.39, 0.29) is 0 Å². The Labute approximate surface area is 91.2 Å². The van der Waals surface area contributed by atoms with E-state index < -0.39 is 12.4 Å². The Kier molecular flexibility index (Phi) is 4.89. The van der Waals surface area contributed by atoms with E-state index in [1.54, 1.807) is 0 Å². The third-order valence-electron chi connectivity index (χ3n) is 1.89. The minimum absolute atomic E-state index is 0.403. The SMILES string of the molecule is C#CC(OC([CH2])OCC)c1ccccc1. The minimum atomic E-state index is -0.531. The highest BCUT2D eigenvalue weighted by Crippen LogP contribution is 2.17. The molecule has 2 nitrogen and oxygen atoms in total. The van der Waals surface area contributed by atoms with Crippen molar-refractivity contribution in [2.45, 2.75) is 19.3 Å². The number of benzene rings is 1. The van der Waals surface area contributed by atoms with Gasteiger partial charge in [-0.3, -0.25) is 0 Å². The monoisotopic (exact) mass is 203 g/mol. The molecule has 1 aromatic rings. The highest BCUT2D eigenvalue weighted by Gasteiger charge is 2.12. The Bertz CT molecular complexity index is 313. The van der Waals surface area contributed by atoms with Gasteiger partial charge in [-0.05, 0) is 12.5 Å². The molecular formula is C13H15O2. The molecule has 0 fully saturated rings. The smallest absolute Gasteiger partial charge is 0.159 e. The van der Waals surface area contributed by atoms with E-state index in [0.717, 1.165) is 5.56 Å². The summed E-state index contributed by atoms with van der Waals surface area (Å²) in [5.41, 5.74) is 0.938. The zero-order valence-corrected chi connectivity index (χ0v) is 8.85. The Morgan fingerprint density at radius 3 is 2.60 bits per heavy atom. The van der Waals surface area contributed by atoms with E-state index in [1.807, 2.05) is 37.3 Å². The predicted octanol–water partition coefficient (Wildman–Crippen LogP) is 2.57. The van der Waals surface area contributed by atoms with Gasteiger partial charge in [0.05, 0.1) is 0 Å². The summed E-state index contributed by atoms with van der Waals surface area (Å²) in [5.74, 6) is 2.57. The van der Waals surface area contributed by atoms with Crippen molar-refractivity contribution in [3.63, 3.8) is 0 Å². The number of hydrogen-bond acceptors (Lipinski definition) is 2. The van der Waals surface area contributed by atoms with E-state index in [9.17, 15) is 0 Å². The number of terminal acetylenes is 1. The molecule has 0 aliphatic carbocycles. The molecule has 0 spiro atoms. The van der Waals surface area contributed by atoms with E-state index >= 15 is 0 Å². The Balaban J connectivity index is 2.62. The number of ether oxygens (including phenoxy) is 2. The van der Waals surface area contributed by atoms with Crippen molar-refractivity contribution in [1.29, 1.82) is 0 Å². The van der Waals surface area contributed by atoms with Crippen molar-refractivity contribution in [3.8, 4) is 12.3 Å². The molecule has 0 aromatic heterocycles. The average molecular weight is 203 g/mol. The van der Waals surface area contributed by atoms with Crippen molar-refractivity contribution in [2.75, 3.05) is 6.61 Å². The second-order valence-corrected chi connectivity index (χ2v) is 2.98. The van der Waals surface area contributed by atoms with Gasteiger partial charge in [0.2, 0.25) is 0 Å². The third-order valence-corrected chi connectivity index (χ3v) is 1.89. The van der Waals surface area contributed by atoms with Gasteiger partial charge in [-0.15, -0.1) is 6.42 Å². The van der Waals surface area contributed by atoms with Gasteiger partial charge in [-0.1, -0.05) is 36.3 Å². The van der Waals surface area contributed by atoms with Gasteiger partial charge >= 0.3 is 0 Å². The van der Waals surface area contributed by atoms with Crippen LogP contribution >= 0.6 is 0 Å². The van der Waals surface area contributed by atoms with E-state index in [0.29, 0.717) is 6.61 Å². The third kappa shape index (κ3) is 3.75. The maximum absolute atomic E-state index is 5.46. The van der Waals surface area contributed by atoms with Gasteiger partial charge < -0.3 is 9.47 Å². The summed E-state index contributed by atoms with van der Waals surface area (Å²) in [5, 5.41) is 0. The molecule has 1 rings (SSSR count). The highest BCUT2D eigenvalue weighted by atomic mass is 16.7. The number of hydrogen-bond donors (Lipinski definition) is 0. The summed E-state index contributed by atoms with van der Waals surface area (Å²) >= 11 is 0. The van der Waals surface area contributed by atoms with Gasteiger partial charge in [0, 0.05) is 13.5 Å². The lowest BCUT2D eigenvalue weighted by molar-refractivity contribution is -0.128. The summed E-state index contributed by atoms with van der Waals surface area (Å²) in [7, 11) is 0. The van der Waals surface area contributed by atoms with E-state index in [4.69, 9.17) is 15.9 Å². The molecular weight excluding hydrogens is 188 g/mol. The van der Waals surface area contributed by atoms with Crippen LogP contribution in [0.5, 0.6) is 0 Å². The minimum Gasteiger partial charge on any atom is -0.353 e. The lowest BCUT2D eigenvalue weighted by atomic mass is 10.1. The summed E-state index contributed by atoms with van der Waals surface area (Å²) < 4.78 is 10.6. The molecule has 0 amide bonds. The standard InChI is InChI=1S/C13H15O2/c1-4-13(15-11(3)14-5-2)12-9-7-6-8-10-12/h1,6-11,13H,3,5H2,2H3. The zero-order valence-electron chi connectivity index (χ0n) is 8.85. The summed E-state index contributed by atoms with van der Waals surface area (Å²) in [6.45, 7) is 6.14. The van der Waals surface area contributed by atoms with Crippen molar-refractivity contribution in [3.05, 3.63) is 42.8 Å². The second-order valence-electron chi connectivity index (χ2n) is 2.98. The Morgan fingerprint density at radius 1 is 1.40 bits per heavy atom. The van der Waals surface area contributed by atoms with Crippen LogP contribution in [0.1, 0.15) is 18.6 Å². The van der Waals surface area contributed by atoms with Gasteiger partial charge in [-0.25, -0.2) is 0 Å². The van der Waals surface area contributed by atoms with Gasteiger partial charge in [0.1, 0.15) is 6.10 Å². The predicted molar refractivity (Wildman–Crippen MR) is 59.9 cm³/mol. The Morgan fingerprint density at radius 2 is 2.07 bits per heavy atom. The molecule has 1 radical (unpaired) electrons. The molecule has 1 aromatic carbocycles. The van der Waals surface area contributed by atoms with Gasteiger partial charge in [0.15, 0.2) is 6.29 Å². The molecule has 0 saturated heterocycles. The zero-order chi connectivity index (χ0) is 11.1. The lowest BCUT2D eigenvalue weighted by Gasteiger charge is -2.18. The molecule has 0 aliphatic rings. The number of rotatable bonds is 5. The second kappa shape index (κ2) is 6.23. The van der Waals surface area contributed by atoms with Crippen molar-refractivity contribution in [1.82, 2.24) is 0 Å². The van der Waals surface area contributed by atoms with Gasteiger partial charge in [0.25, 0.3) is 0 Å². The molecule has 2 unspecified atom stereocenters. The van der Waals surface area contributed by atoms with Crippen LogP contribution < -0.4 is 0 Å². The molecule has 0 heterocycles. The average Bonchev–Trinajstić information content (AvgIpc) is 2.27. The van der Waals surface area contributed by atoms with Crippen LogP contribution in [0.4, 0.5) is 0 Å². The first-order valence-corrected chi connectivity index (χ1v) is 4.89. The lowest BCUT2D eigenvalue weighted by Crippen LogP contribution is -2.16. The topological polar surface area (TPSA) is 18.5 Å². The molecule has 2 atom stereocenters. The summed E-state index contributed by atoms with van der Waals surface area (Å²) in [6.07, 6.45) is 4.46. The van der Waals surface area contributed by atoms with Crippen LogP contribution in [0.15, 0.2) is 30.3 Å². The van der Waals surface area contributed by atoms with Crippen LogP contribution in [0, 0.1) is 19.3 Å². The molecule has 0 saturated carbocycles.